The van der Waals surface area contributed by atoms with Gasteiger partial charge in [0.15, 0.2) is 11.2 Å². The average Bonchev–Trinajstić information content (AvgIpc) is 1.56. The highest BCUT2D eigenvalue weighted by atomic mass is 16.3. The molecule has 0 saturated carbocycles. The summed E-state index contributed by atoms with van der Waals surface area (Å²) in [6.45, 7) is 18.8. The Labute approximate surface area is 806 Å². The molecule has 0 radical (unpaired) electrons. The van der Waals surface area contributed by atoms with Crippen LogP contribution in [-0.4, -0.2) is 18.3 Å². The van der Waals surface area contributed by atoms with Crippen LogP contribution in [-0.2, 0) is 21.7 Å². The Morgan fingerprint density at radius 1 is 0.179 bits per heavy atom. The summed E-state index contributed by atoms with van der Waals surface area (Å²) in [6, 6.07) is 149. The Kier molecular flexibility index (Phi) is 16.7. The zero-order chi connectivity index (χ0) is 93.2. The van der Waals surface area contributed by atoms with Crippen molar-refractivity contribution >= 4 is 175 Å². The molecule has 8 heterocycles. The van der Waals surface area contributed by atoms with Gasteiger partial charge in [-0.3, -0.25) is 0 Å². The van der Waals surface area contributed by atoms with Crippen LogP contribution in [0, 0.1) is 0 Å². The number of nitrogens with zero attached hydrogens (tertiary/aromatic N) is 4. The molecule has 8 aromatic heterocycles. The topological polar surface area (TPSA) is 72.3 Å². The van der Waals surface area contributed by atoms with Crippen molar-refractivity contribution in [1.82, 2.24) is 18.3 Å². The second kappa shape index (κ2) is 29.2. The first-order valence-corrected chi connectivity index (χ1v) is 48.8. The lowest BCUT2D eigenvalue weighted by Gasteiger charge is -2.22. The smallest absolute Gasteiger partial charge is 0.159 e. The second-order valence-corrected chi connectivity index (χ2v) is 40.7. The quantitative estimate of drug-likeness (QED) is 0.176. The molecule has 0 aliphatic heterocycles. The number of fused-ring (bicyclic) bond motifs is 39. The van der Waals surface area contributed by atoms with E-state index in [0.29, 0.717) is 0 Å². The molecular formula is C132H92N4O4. The molecule has 0 bridgehead atoms. The molecule has 0 fully saturated rings. The van der Waals surface area contributed by atoms with Crippen LogP contribution in [0.3, 0.4) is 0 Å². The molecule has 0 amide bonds. The van der Waals surface area contributed by atoms with Crippen molar-refractivity contribution in [3.8, 4) is 67.3 Å². The Balaban J connectivity index is 0.0000000896. The first-order chi connectivity index (χ1) is 68.5. The summed E-state index contributed by atoms with van der Waals surface area (Å²) in [4.78, 5) is 0. The molecule has 0 N–H and O–H groups in total. The molecule has 4 aliphatic carbocycles. The maximum Gasteiger partial charge on any atom is 0.159 e. The number of para-hydroxylation sites is 10. The molecule has 0 spiro atoms. The summed E-state index contributed by atoms with van der Waals surface area (Å²) in [7, 11) is 0. The monoisotopic (exact) mass is 1800 g/mol. The van der Waals surface area contributed by atoms with Crippen molar-refractivity contribution in [3.63, 3.8) is 0 Å². The summed E-state index contributed by atoms with van der Waals surface area (Å²) < 4.78 is 35.1. The van der Waals surface area contributed by atoms with Crippen LogP contribution in [0.1, 0.15) is 99.9 Å². The van der Waals surface area contributed by atoms with Gasteiger partial charge < -0.3 is 35.9 Å². The fourth-order valence-electron chi connectivity index (χ4n) is 25.6. The minimum atomic E-state index is -0.0776. The van der Waals surface area contributed by atoms with E-state index in [1.54, 1.807) is 0 Å². The van der Waals surface area contributed by atoms with Gasteiger partial charge in [0.1, 0.15) is 33.5 Å². The molecular weight excluding hydrogens is 1710 g/mol. The fraction of sp³-hybridized carbons (Fsp3) is 0.0909. The summed E-state index contributed by atoms with van der Waals surface area (Å²) in [6.07, 6.45) is 0. The van der Waals surface area contributed by atoms with E-state index in [2.05, 4.69) is 450 Å². The van der Waals surface area contributed by atoms with Gasteiger partial charge in [-0.1, -0.05) is 347 Å². The number of rotatable bonds is 4. The minimum Gasteiger partial charge on any atom is -0.456 e. The van der Waals surface area contributed by atoms with Gasteiger partial charge in [0, 0.05) is 137 Å². The van der Waals surface area contributed by atoms with Crippen LogP contribution in [0.25, 0.3) is 242 Å². The minimum absolute atomic E-state index is 0.0257. The highest BCUT2D eigenvalue weighted by Crippen LogP contribution is 2.59. The zero-order valence-electron chi connectivity index (χ0n) is 78.7. The van der Waals surface area contributed by atoms with E-state index >= 15 is 0 Å². The fourth-order valence-corrected chi connectivity index (χ4v) is 25.6. The van der Waals surface area contributed by atoms with E-state index in [-0.39, 0.29) is 21.7 Å². The first kappa shape index (κ1) is 80.1. The van der Waals surface area contributed by atoms with Crippen molar-refractivity contribution in [3.05, 3.63) is 457 Å². The van der Waals surface area contributed by atoms with Crippen LogP contribution >= 0.6 is 0 Å². The van der Waals surface area contributed by atoms with E-state index in [9.17, 15) is 0 Å². The van der Waals surface area contributed by atoms with E-state index in [1.807, 2.05) is 36.4 Å². The molecule has 0 saturated heterocycles. The molecule has 0 atom stereocenters. The van der Waals surface area contributed by atoms with Crippen molar-refractivity contribution in [2.24, 2.45) is 0 Å². The van der Waals surface area contributed by atoms with Gasteiger partial charge in [0.25, 0.3) is 0 Å². The molecule has 28 aromatic rings. The highest BCUT2D eigenvalue weighted by molar-refractivity contribution is 6.22. The van der Waals surface area contributed by atoms with E-state index < -0.39 is 0 Å². The summed E-state index contributed by atoms with van der Waals surface area (Å²) in [5.74, 6) is 0. The van der Waals surface area contributed by atoms with Crippen LogP contribution < -0.4 is 0 Å². The molecule has 664 valence electrons. The lowest BCUT2D eigenvalue weighted by molar-refractivity contribution is 0.660. The number of hydrogen-bond donors (Lipinski definition) is 0. The maximum atomic E-state index is 6.47. The van der Waals surface area contributed by atoms with Gasteiger partial charge in [-0.05, 0) is 193 Å². The molecule has 8 heteroatoms. The Hall–Kier alpha value is -17.2. The van der Waals surface area contributed by atoms with Crippen molar-refractivity contribution < 1.29 is 17.7 Å². The molecule has 32 rings (SSSR count). The average molecular weight is 1800 g/mol. The van der Waals surface area contributed by atoms with E-state index in [4.69, 9.17) is 17.7 Å². The summed E-state index contributed by atoms with van der Waals surface area (Å²) >= 11 is 0. The SMILES string of the molecule is CC1(C)c2ccccc2-c2c1ccc1c2c2ccccc2n1-c1cccc2c1oc1ccccc12.CC1(C)c2ccccc2-c2c1ccc1c3ccccc3n(-c3ccc4c(c3)oc3ccccc34)c21.CC1(C)c2ccccc2-c2cc3c4ccccc4n(-c4ccc5c(c4)oc4ccccc45)c3cc21.CC1(C)c2ccccc2-c2ccc3c(c21)c1ccccc1n3-c1cccc2c1oc1ccccc12. The Bertz CT molecular complexity index is 10200. The van der Waals surface area contributed by atoms with Crippen LogP contribution in [0.4, 0.5) is 0 Å². The number of furan rings is 4. The van der Waals surface area contributed by atoms with Crippen LogP contribution in [0.2, 0.25) is 0 Å². The van der Waals surface area contributed by atoms with Crippen molar-refractivity contribution in [2.45, 2.75) is 77.0 Å². The van der Waals surface area contributed by atoms with Gasteiger partial charge in [-0.15, -0.1) is 0 Å². The third-order valence-electron chi connectivity index (χ3n) is 32.0. The normalized spacial score (nSPS) is 14.2. The Morgan fingerprint density at radius 3 is 1.08 bits per heavy atom. The molecule has 4 aliphatic rings. The predicted octanol–water partition coefficient (Wildman–Crippen LogP) is 36.0. The largest absolute Gasteiger partial charge is 0.456 e. The van der Waals surface area contributed by atoms with Gasteiger partial charge in [0.05, 0.1) is 55.5 Å². The summed E-state index contributed by atoms with van der Waals surface area (Å²) in [5, 5.41) is 19.6. The van der Waals surface area contributed by atoms with Gasteiger partial charge in [0.2, 0.25) is 0 Å². The predicted molar refractivity (Wildman–Crippen MR) is 582 cm³/mol. The second-order valence-electron chi connectivity index (χ2n) is 40.7. The lowest BCUT2D eigenvalue weighted by Crippen LogP contribution is -2.15. The summed E-state index contributed by atoms with van der Waals surface area (Å²) in [5.41, 5.74) is 43.4. The Morgan fingerprint density at radius 2 is 0.536 bits per heavy atom. The molecule has 140 heavy (non-hydrogen) atoms. The van der Waals surface area contributed by atoms with Crippen molar-refractivity contribution in [1.29, 1.82) is 0 Å². The number of aromatic nitrogens is 4. The third-order valence-corrected chi connectivity index (χ3v) is 32.0. The zero-order valence-corrected chi connectivity index (χ0v) is 78.7. The van der Waals surface area contributed by atoms with Crippen LogP contribution in [0.5, 0.6) is 0 Å². The molecule has 20 aromatic carbocycles. The van der Waals surface area contributed by atoms with E-state index in [1.165, 1.54) is 176 Å². The standard InChI is InChI=1S/4C33H23NO/c1-33(2)24-14-6-3-11-22(24)30-25(33)18-19-27-31(30)23-12-4-7-15-26(23)34(27)28-16-9-13-21-20-10-5-8-17-29(20)35-32(21)28;1-33(2)25-14-6-3-10-20(25)22-18-19-27-30(31(22)33)24-12-4-7-15-26(24)34(27)28-16-9-13-23-21-11-5-8-17-29(21)35-32(23)28;1-33(2)26-12-6-3-11-25(26)31-27(33)18-17-24-21-9-4-7-13-28(21)34(32(24)31)20-15-16-23-22-10-5-8-14-29(22)35-30(23)19-20;1-33(2)27-12-6-3-9-21(27)25-18-26-22-10-4-7-13-29(22)34(30(26)19-28(25)33)20-15-16-24-23-11-5-8-14-31(23)35-32(24)17-20/h4*3-19H,1-2H3. The third kappa shape index (κ3) is 11.1. The molecule has 0 unspecified atom stereocenters. The van der Waals surface area contributed by atoms with Gasteiger partial charge in [-0.25, -0.2) is 0 Å². The highest BCUT2D eigenvalue weighted by Gasteiger charge is 2.43. The lowest BCUT2D eigenvalue weighted by atomic mass is 9.80. The van der Waals surface area contributed by atoms with Crippen LogP contribution in [0.15, 0.2) is 430 Å². The number of hydrogen-bond acceptors (Lipinski definition) is 4. The van der Waals surface area contributed by atoms with Gasteiger partial charge in [-0.2, -0.15) is 0 Å². The van der Waals surface area contributed by atoms with E-state index in [0.717, 1.165) is 111 Å². The molecule has 8 nitrogen and oxygen atoms in total. The number of benzene rings is 20. The maximum absolute atomic E-state index is 6.47. The van der Waals surface area contributed by atoms with Crippen molar-refractivity contribution in [2.75, 3.05) is 0 Å². The first-order valence-electron chi connectivity index (χ1n) is 48.8. The van der Waals surface area contributed by atoms with Gasteiger partial charge >= 0.3 is 0 Å².